The zero-order valence-electron chi connectivity index (χ0n) is 14.6. The lowest BCUT2D eigenvalue weighted by Gasteiger charge is -2.14. The van der Waals surface area contributed by atoms with E-state index in [1.54, 1.807) is 24.6 Å². The largest absolute Gasteiger partial charge is 0.386 e. The van der Waals surface area contributed by atoms with Crippen molar-refractivity contribution in [2.45, 2.75) is 19.1 Å². The van der Waals surface area contributed by atoms with Gasteiger partial charge in [-0.15, -0.1) is 35.3 Å². The zero-order valence-corrected chi connectivity index (χ0v) is 17.8. The highest BCUT2D eigenvalue weighted by molar-refractivity contribution is 14.0. The van der Waals surface area contributed by atoms with E-state index in [-0.39, 0.29) is 24.0 Å². The minimum Gasteiger partial charge on any atom is -0.386 e. The van der Waals surface area contributed by atoms with E-state index >= 15 is 0 Å². The SMILES string of the molecule is CN=C(NCCCn1cccn1)NCC(O)c1cc2ccccc2s1.I. The molecule has 0 saturated heterocycles. The number of hydrogen-bond acceptors (Lipinski definition) is 4. The summed E-state index contributed by atoms with van der Waals surface area (Å²) in [7, 11) is 1.73. The van der Waals surface area contributed by atoms with Crippen molar-refractivity contribution < 1.29 is 5.11 Å². The molecular weight excluding hydrogens is 461 g/mol. The third-order valence-corrected chi connectivity index (χ3v) is 5.09. The van der Waals surface area contributed by atoms with Crippen LogP contribution < -0.4 is 10.6 Å². The molecule has 0 aliphatic rings. The number of aliphatic imine (C=N–C) groups is 1. The molecule has 0 aliphatic heterocycles. The van der Waals surface area contributed by atoms with Crippen LogP contribution in [-0.2, 0) is 6.54 Å². The number of nitrogens with one attached hydrogen (secondary N) is 2. The molecular formula is C18H24IN5OS. The Bertz CT molecular complexity index is 785. The molecule has 0 aliphatic carbocycles. The number of fused-ring (bicyclic) bond motifs is 1. The maximum absolute atomic E-state index is 10.4. The summed E-state index contributed by atoms with van der Waals surface area (Å²) in [6.07, 6.45) is 4.12. The third kappa shape index (κ3) is 5.68. The number of nitrogens with zero attached hydrogens (tertiary/aromatic N) is 3. The first-order valence-corrected chi connectivity index (χ1v) is 9.16. The van der Waals surface area contributed by atoms with E-state index < -0.39 is 6.10 Å². The van der Waals surface area contributed by atoms with Crippen LogP contribution >= 0.6 is 35.3 Å². The molecule has 3 rings (SSSR count). The van der Waals surface area contributed by atoms with E-state index in [2.05, 4.69) is 32.9 Å². The van der Waals surface area contributed by atoms with Crippen LogP contribution in [-0.4, -0.2) is 41.0 Å². The van der Waals surface area contributed by atoms with E-state index in [4.69, 9.17) is 0 Å². The molecule has 0 saturated carbocycles. The van der Waals surface area contributed by atoms with Gasteiger partial charge in [-0.05, 0) is 30.0 Å². The second-order valence-corrected chi connectivity index (χ2v) is 6.82. The summed E-state index contributed by atoms with van der Waals surface area (Å²) < 4.78 is 3.10. The second kappa shape index (κ2) is 10.5. The minimum atomic E-state index is -0.556. The Labute approximate surface area is 174 Å². The first-order valence-electron chi connectivity index (χ1n) is 8.35. The van der Waals surface area contributed by atoms with Gasteiger partial charge >= 0.3 is 0 Å². The van der Waals surface area contributed by atoms with Crippen molar-refractivity contribution >= 4 is 51.4 Å². The van der Waals surface area contributed by atoms with Crippen LogP contribution in [0, 0.1) is 0 Å². The van der Waals surface area contributed by atoms with Gasteiger partial charge in [0.15, 0.2) is 5.96 Å². The fourth-order valence-corrected chi connectivity index (χ4v) is 3.61. The Kier molecular flexibility index (Phi) is 8.33. The van der Waals surface area contributed by atoms with Gasteiger partial charge in [0.05, 0.1) is 0 Å². The summed E-state index contributed by atoms with van der Waals surface area (Å²) in [5, 5.41) is 22.2. The van der Waals surface area contributed by atoms with Gasteiger partial charge in [0.1, 0.15) is 6.10 Å². The number of halogens is 1. The van der Waals surface area contributed by atoms with E-state index in [9.17, 15) is 5.11 Å². The summed E-state index contributed by atoms with van der Waals surface area (Å²) in [6.45, 7) is 2.07. The van der Waals surface area contributed by atoms with Crippen LogP contribution in [0.5, 0.6) is 0 Å². The number of aliphatic hydroxyl groups excluding tert-OH is 1. The highest BCUT2D eigenvalue weighted by Crippen LogP contribution is 2.29. The fourth-order valence-electron chi connectivity index (χ4n) is 2.56. The van der Waals surface area contributed by atoms with Gasteiger partial charge < -0.3 is 15.7 Å². The molecule has 2 aromatic heterocycles. The Morgan fingerprint density at radius 3 is 2.88 bits per heavy atom. The second-order valence-electron chi connectivity index (χ2n) is 5.70. The van der Waals surface area contributed by atoms with E-state index in [0.29, 0.717) is 12.5 Å². The maximum atomic E-state index is 10.4. The van der Waals surface area contributed by atoms with Gasteiger partial charge in [-0.2, -0.15) is 5.10 Å². The van der Waals surface area contributed by atoms with Crippen LogP contribution in [0.1, 0.15) is 17.4 Å². The smallest absolute Gasteiger partial charge is 0.191 e. The number of benzene rings is 1. The van der Waals surface area contributed by atoms with Crippen LogP contribution in [0.25, 0.3) is 10.1 Å². The Morgan fingerprint density at radius 2 is 2.15 bits per heavy atom. The monoisotopic (exact) mass is 485 g/mol. The molecule has 140 valence electrons. The van der Waals surface area contributed by atoms with Gasteiger partial charge in [-0.1, -0.05) is 18.2 Å². The Morgan fingerprint density at radius 1 is 1.31 bits per heavy atom. The molecule has 0 amide bonds. The van der Waals surface area contributed by atoms with Gasteiger partial charge in [0.25, 0.3) is 0 Å². The standard InChI is InChI=1S/C18H23N5OS.HI/c1-19-18(20-8-4-10-23-11-5-9-22-23)21-13-15(24)17-12-14-6-2-3-7-16(14)25-17;/h2-3,5-7,9,11-12,15,24H,4,8,10,13H2,1H3,(H2,19,20,21);1H. The predicted octanol–water partition coefficient (Wildman–Crippen LogP) is 3.00. The van der Waals surface area contributed by atoms with Crippen molar-refractivity contribution in [2.24, 2.45) is 4.99 Å². The lowest BCUT2D eigenvalue weighted by Crippen LogP contribution is -2.39. The average molecular weight is 485 g/mol. The van der Waals surface area contributed by atoms with Gasteiger partial charge in [0.2, 0.25) is 0 Å². The average Bonchev–Trinajstić information content (AvgIpc) is 3.30. The lowest BCUT2D eigenvalue weighted by atomic mass is 10.2. The van der Waals surface area contributed by atoms with Crippen molar-refractivity contribution in [3.05, 3.63) is 53.7 Å². The normalized spacial score (nSPS) is 12.6. The van der Waals surface area contributed by atoms with E-state index in [1.807, 2.05) is 35.1 Å². The van der Waals surface area contributed by atoms with Crippen LogP contribution in [0.15, 0.2) is 53.8 Å². The number of guanidine groups is 1. The topological polar surface area (TPSA) is 74.5 Å². The molecule has 3 N–H and O–H groups in total. The summed E-state index contributed by atoms with van der Waals surface area (Å²) in [5.41, 5.74) is 0. The molecule has 0 radical (unpaired) electrons. The van der Waals surface area contributed by atoms with Crippen LogP contribution in [0.4, 0.5) is 0 Å². The van der Waals surface area contributed by atoms with Crippen molar-refractivity contribution in [1.29, 1.82) is 0 Å². The molecule has 2 heterocycles. The molecule has 0 fully saturated rings. The quantitative estimate of drug-likeness (QED) is 0.208. The Balaban J connectivity index is 0.00000243. The fraction of sp³-hybridized carbons (Fsp3) is 0.333. The molecule has 1 aromatic carbocycles. The predicted molar refractivity (Wildman–Crippen MR) is 118 cm³/mol. The molecule has 1 unspecified atom stereocenters. The third-order valence-electron chi connectivity index (χ3n) is 3.88. The molecule has 0 bridgehead atoms. The van der Waals surface area contributed by atoms with E-state index in [0.717, 1.165) is 24.4 Å². The van der Waals surface area contributed by atoms with Crippen molar-refractivity contribution in [3.63, 3.8) is 0 Å². The van der Waals surface area contributed by atoms with Gasteiger partial charge in [-0.25, -0.2) is 0 Å². The van der Waals surface area contributed by atoms with Gasteiger partial charge in [-0.3, -0.25) is 9.67 Å². The number of aliphatic hydroxyl groups is 1. The van der Waals surface area contributed by atoms with E-state index in [1.165, 1.54) is 10.1 Å². The Hall–Kier alpha value is -1.65. The molecule has 6 nitrogen and oxygen atoms in total. The highest BCUT2D eigenvalue weighted by Gasteiger charge is 2.12. The number of thiophene rings is 1. The van der Waals surface area contributed by atoms with Crippen LogP contribution in [0.3, 0.4) is 0 Å². The summed E-state index contributed by atoms with van der Waals surface area (Å²) in [5.74, 6) is 0.695. The summed E-state index contributed by atoms with van der Waals surface area (Å²) in [6, 6.07) is 12.1. The maximum Gasteiger partial charge on any atom is 0.191 e. The molecule has 26 heavy (non-hydrogen) atoms. The number of aromatic nitrogens is 2. The van der Waals surface area contributed by atoms with Crippen molar-refractivity contribution in [3.8, 4) is 0 Å². The van der Waals surface area contributed by atoms with Gasteiger partial charge in [0, 0.05) is 48.7 Å². The summed E-state index contributed by atoms with van der Waals surface area (Å²) in [4.78, 5) is 5.16. The van der Waals surface area contributed by atoms with Crippen molar-refractivity contribution in [1.82, 2.24) is 20.4 Å². The minimum absolute atomic E-state index is 0. The molecule has 3 aromatic rings. The number of aryl methyl sites for hydroxylation is 1. The number of rotatable bonds is 7. The summed E-state index contributed by atoms with van der Waals surface area (Å²) >= 11 is 1.62. The first-order chi connectivity index (χ1) is 12.3. The number of hydrogen-bond donors (Lipinski definition) is 3. The molecule has 0 spiro atoms. The zero-order chi connectivity index (χ0) is 17.5. The molecule has 8 heteroatoms. The highest BCUT2D eigenvalue weighted by atomic mass is 127. The lowest BCUT2D eigenvalue weighted by molar-refractivity contribution is 0.184. The van der Waals surface area contributed by atoms with Crippen molar-refractivity contribution in [2.75, 3.05) is 20.1 Å². The molecule has 1 atom stereocenters. The first kappa shape index (κ1) is 20.7. The van der Waals surface area contributed by atoms with Crippen LogP contribution in [0.2, 0.25) is 0 Å².